The minimum absolute atomic E-state index is 0.0233. The molecule has 0 spiro atoms. The zero-order valence-corrected chi connectivity index (χ0v) is 80.3. The Kier molecular flexibility index (Phi) is 61.9. The SMILES string of the molecule is CC(C)C[C@H](NC(=O)[C@H](CCCCN)NC(=O)[C@@H](CC(C)C)NC(=O)[C@H](CC(C)C)NC(=O)[C@@H](N)CCCCN)C(=O)N[C@@H](CC(C)C)C(=O)N[C@H](CCCCN)C(=O)N[C@H](CCCCN)C(=O)N[C@@H](CC(C)C)C(=O)N[C@H](CC(C)C)C(=O)N[C@@H](CCCCN)C(=O)N[C@@H](CC(C)C)C(=O)N[C@H](CC(C)C)C(=O)N[C@@H](CC(C)C)C(=O)N[C@@H](CCCCN)C(=O)O. The van der Waals surface area contributed by atoms with E-state index in [4.69, 9.17) is 40.1 Å². The van der Waals surface area contributed by atoms with Crippen LogP contribution in [0, 0.1) is 53.3 Å². The topological polar surface area (TPSA) is 627 Å². The van der Waals surface area contributed by atoms with Gasteiger partial charge in [-0.1, -0.05) is 131 Å². The number of rotatable bonds is 71. The smallest absolute Gasteiger partial charge is 0.326 e. The standard InChI is InChI=1S/C90H173N21O16/c1-52(2)43-67(103-76(112)61(97)31-19-25-37-91)85(121)107-68(44-53(3)4)82(118)100-64(34-22-28-40-94)79(115)105-73(49-58(13)14)87(123)108-69(45-54(5)6)81(117)99-62(32-20-26-38-92)77(113)98-63(33-21-27-39-93)78(114)104-72(48-57(11)12)86(122)109-70(46-55(7)8)83(119)101-65(35-23-29-41-95)80(116)106-74(50-59(15)16)88(124)111-75(51-60(17)18)89(125)110-71(47-56(9)10)84(120)102-66(90(126)127)36-24-30-42-96/h52-75H,19-51,91-97H2,1-18H3,(H,98,113)(H,99,117)(H,100,118)(H,101,119)(H,102,120)(H,103,112)(H,104,114)(H,105,115)(H,106,116)(H,107,121)(H,108,123)(H,109,122)(H,110,125)(H,111,124)(H,126,127)/t61-,62+,63+,64-,65-,66-,67-,68+,69-,70+,71-,72-,73-,74-,75+/m0/s1. The van der Waals surface area contributed by atoms with Crippen molar-refractivity contribution in [2.24, 2.45) is 93.4 Å². The van der Waals surface area contributed by atoms with Crippen molar-refractivity contribution in [1.82, 2.24) is 74.4 Å². The summed E-state index contributed by atoms with van der Waals surface area (Å²) in [7, 11) is 0. The van der Waals surface area contributed by atoms with E-state index in [-0.39, 0.29) is 169 Å². The summed E-state index contributed by atoms with van der Waals surface area (Å²) in [5.41, 5.74) is 41.2. The van der Waals surface area contributed by atoms with E-state index in [1.807, 2.05) is 125 Å². The van der Waals surface area contributed by atoms with Gasteiger partial charge in [0.1, 0.15) is 84.6 Å². The first-order valence-electron chi connectivity index (χ1n) is 47.1. The van der Waals surface area contributed by atoms with Gasteiger partial charge < -0.3 is 120 Å². The van der Waals surface area contributed by atoms with Crippen molar-refractivity contribution >= 4 is 88.7 Å². The molecule has 127 heavy (non-hydrogen) atoms. The van der Waals surface area contributed by atoms with Crippen LogP contribution in [0.5, 0.6) is 0 Å². The number of aliphatic carboxylic acids is 1. The van der Waals surface area contributed by atoms with Gasteiger partial charge in [-0.15, -0.1) is 0 Å². The molecule has 0 unspecified atom stereocenters. The van der Waals surface area contributed by atoms with Gasteiger partial charge in [0.2, 0.25) is 82.7 Å². The summed E-state index contributed by atoms with van der Waals surface area (Å²) in [6, 6.07) is -18.3. The van der Waals surface area contributed by atoms with E-state index in [2.05, 4.69) is 74.4 Å². The van der Waals surface area contributed by atoms with E-state index in [1.54, 1.807) is 0 Å². The Hall–Kier alpha value is -8.23. The zero-order valence-electron chi connectivity index (χ0n) is 80.3. The molecule has 0 aromatic heterocycles. The van der Waals surface area contributed by atoms with E-state index in [1.165, 1.54) is 0 Å². The number of carbonyl (C=O) groups excluding carboxylic acids is 14. The third-order valence-corrected chi connectivity index (χ3v) is 21.2. The number of hydrogen-bond acceptors (Lipinski definition) is 22. The Morgan fingerprint density at radius 2 is 0.299 bits per heavy atom. The first-order chi connectivity index (χ1) is 59.7. The molecule has 0 aliphatic rings. The molecule has 37 nitrogen and oxygen atoms in total. The molecule has 14 amide bonds. The number of amides is 14. The molecule has 0 aliphatic carbocycles. The number of carboxylic acid groups (broad SMARTS) is 1. The van der Waals surface area contributed by atoms with Gasteiger partial charge in [-0.25, -0.2) is 4.79 Å². The average molecular weight is 1810 g/mol. The van der Waals surface area contributed by atoms with Crippen molar-refractivity contribution in [3.8, 4) is 0 Å². The van der Waals surface area contributed by atoms with Crippen LogP contribution < -0.4 is 115 Å². The summed E-state index contributed by atoms with van der Waals surface area (Å²) >= 11 is 0. The van der Waals surface area contributed by atoms with Gasteiger partial charge in [0.15, 0.2) is 0 Å². The zero-order chi connectivity index (χ0) is 96.8. The van der Waals surface area contributed by atoms with Gasteiger partial charge in [-0.2, -0.15) is 0 Å². The molecule has 0 fully saturated rings. The second-order valence-corrected chi connectivity index (χ2v) is 38.2. The fourth-order valence-corrected chi connectivity index (χ4v) is 14.6. The molecular weight excluding hydrogens is 1630 g/mol. The van der Waals surface area contributed by atoms with Crippen molar-refractivity contribution in [2.45, 2.75) is 389 Å². The fraction of sp³-hybridized carbons (Fsp3) is 0.833. The molecule has 29 N–H and O–H groups in total. The van der Waals surface area contributed by atoms with Gasteiger partial charge in [0.25, 0.3) is 0 Å². The maximum atomic E-state index is 14.9. The highest BCUT2D eigenvalue weighted by molar-refractivity contribution is 6.00. The summed E-state index contributed by atoms with van der Waals surface area (Å²) in [5.74, 6) is -12.8. The number of carboxylic acids is 1. The van der Waals surface area contributed by atoms with Crippen LogP contribution in [0.2, 0.25) is 0 Å². The molecule has 0 saturated heterocycles. The second kappa shape index (κ2) is 66.2. The number of nitrogens with two attached hydrogens (primary N) is 7. The normalized spacial score (nSPS) is 15.3. The fourth-order valence-electron chi connectivity index (χ4n) is 14.6. The Morgan fingerprint density at radius 3 is 0.441 bits per heavy atom. The van der Waals surface area contributed by atoms with Gasteiger partial charge in [-0.3, -0.25) is 67.1 Å². The third-order valence-electron chi connectivity index (χ3n) is 21.2. The summed E-state index contributed by atoms with van der Waals surface area (Å²) in [5, 5.41) is 49.2. The molecule has 15 atom stereocenters. The van der Waals surface area contributed by atoms with Gasteiger partial charge in [0, 0.05) is 0 Å². The number of carbonyl (C=O) groups is 15. The summed E-state index contributed by atoms with van der Waals surface area (Å²) < 4.78 is 0. The lowest BCUT2D eigenvalue weighted by Gasteiger charge is -2.30. The van der Waals surface area contributed by atoms with Crippen LogP contribution in [0.4, 0.5) is 0 Å². The Morgan fingerprint density at radius 1 is 0.181 bits per heavy atom. The summed E-state index contributed by atoms with van der Waals surface area (Å²) in [6.07, 6.45) is 7.04. The van der Waals surface area contributed by atoms with E-state index < -0.39 is 179 Å². The highest BCUT2D eigenvalue weighted by Gasteiger charge is 2.40. The minimum atomic E-state index is -1.33. The maximum absolute atomic E-state index is 14.9. The van der Waals surface area contributed by atoms with Crippen molar-refractivity contribution in [3.05, 3.63) is 0 Å². The lowest BCUT2D eigenvalue weighted by molar-refractivity contribution is -0.142. The Bertz CT molecular complexity index is 3280. The van der Waals surface area contributed by atoms with Crippen LogP contribution in [0.1, 0.15) is 298 Å². The molecule has 0 rings (SSSR count). The molecule has 0 aromatic rings. The lowest BCUT2D eigenvalue weighted by Crippen LogP contribution is -2.61. The highest BCUT2D eigenvalue weighted by atomic mass is 16.4. The molecule has 0 heterocycles. The van der Waals surface area contributed by atoms with Gasteiger partial charge >= 0.3 is 5.97 Å². The lowest BCUT2D eigenvalue weighted by atomic mass is 9.98. The Labute approximate surface area is 758 Å². The van der Waals surface area contributed by atoms with Crippen molar-refractivity contribution < 1.29 is 77.0 Å². The van der Waals surface area contributed by atoms with Crippen LogP contribution >= 0.6 is 0 Å². The van der Waals surface area contributed by atoms with Crippen molar-refractivity contribution in [3.63, 3.8) is 0 Å². The number of nitrogens with one attached hydrogen (secondary N) is 14. The predicted octanol–water partition coefficient (Wildman–Crippen LogP) is 2.37. The molecule has 0 aromatic carbocycles. The Balaban J connectivity index is 7.42. The maximum Gasteiger partial charge on any atom is 0.326 e. The molecule has 0 bridgehead atoms. The van der Waals surface area contributed by atoms with Crippen LogP contribution in [0.15, 0.2) is 0 Å². The second-order valence-electron chi connectivity index (χ2n) is 38.2. The average Bonchev–Trinajstić information content (AvgIpc) is 0.854. The van der Waals surface area contributed by atoms with Crippen molar-refractivity contribution in [2.75, 3.05) is 39.3 Å². The molecular formula is C90H173N21O16. The summed E-state index contributed by atoms with van der Waals surface area (Å²) in [6.45, 7) is 34.9. The molecule has 0 saturated carbocycles. The molecule has 734 valence electrons. The van der Waals surface area contributed by atoms with Crippen LogP contribution in [0.3, 0.4) is 0 Å². The van der Waals surface area contributed by atoms with E-state index in [0.717, 1.165) is 0 Å². The first kappa shape index (κ1) is 119. The van der Waals surface area contributed by atoms with Crippen LogP contribution in [-0.2, 0) is 71.9 Å². The van der Waals surface area contributed by atoms with E-state index in [9.17, 15) is 77.0 Å². The van der Waals surface area contributed by atoms with Crippen LogP contribution in [-0.4, -0.2) is 224 Å². The van der Waals surface area contributed by atoms with E-state index in [0.29, 0.717) is 96.6 Å². The number of hydrogen-bond donors (Lipinski definition) is 22. The molecule has 0 aliphatic heterocycles. The van der Waals surface area contributed by atoms with Crippen LogP contribution in [0.25, 0.3) is 0 Å². The first-order valence-corrected chi connectivity index (χ1v) is 47.1. The van der Waals surface area contributed by atoms with Gasteiger partial charge in [-0.05, 0) is 259 Å². The monoisotopic (exact) mass is 1800 g/mol. The number of unbranched alkanes of at least 4 members (excludes halogenated alkanes) is 6. The summed E-state index contributed by atoms with van der Waals surface area (Å²) in [4.78, 5) is 215. The minimum Gasteiger partial charge on any atom is -0.480 e. The third kappa shape index (κ3) is 52.3. The highest BCUT2D eigenvalue weighted by Crippen LogP contribution is 2.20. The van der Waals surface area contributed by atoms with E-state index >= 15 is 0 Å². The van der Waals surface area contributed by atoms with Gasteiger partial charge in [0.05, 0.1) is 6.04 Å². The molecule has 0 radical (unpaired) electrons. The van der Waals surface area contributed by atoms with Crippen molar-refractivity contribution in [1.29, 1.82) is 0 Å². The predicted molar refractivity (Wildman–Crippen MR) is 495 cm³/mol. The largest absolute Gasteiger partial charge is 0.480 e. The molecule has 37 heteroatoms. The quantitative estimate of drug-likeness (QED) is 0.0389.